The van der Waals surface area contributed by atoms with E-state index in [0.29, 0.717) is 30.7 Å². The number of rotatable bonds is 12. The number of benzene rings is 2. The maximum absolute atomic E-state index is 12.9. The van der Waals surface area contributed by atoms with Crippen LogP contribution in [0.5, 0.6) is 0 Å². The minimum atomic E-state index is -0.397. The molecule has 5 N–H and O–H groups in total. The van der Waals surface area contributed by atoms with Gasteiger partial charge in [0.1, 0.15) is 12.0 Å². The Morgan fingerprint density at radius 2 is 1.76 bits per heavy atom. The molecule has 5 aromatic rings. The first-order chi connectivity index (χ1) is 28.4. The van der Waals surface area contributed by atoms with Gasteiger partial charge in [0.05, 0.1) is 11.7 Å². The van der Waals surface area contributed by atoms with Gasteiger partial charge in [-0.2, -0.15) is 4.98 Å². The summed E-state index contributed by atoms with van der Waals surface area (Å²) in [7, 11) is 0. The quantitative estimate of drug-likeness (QED) is 0.100. The SMILES string of the molecule is Cc1cc(-c2ncnc3[nH]c4c(c23)CCC(NCCNCC2CCN(c3ccc(N5CCC(=O)NC5=O)cc3)CC2)C4)ccc1[C@@H](C)NC(=O)c1nc(C(C)(C)C)no1. The Hall–Kier alpha value is -5.67. The fourth-order valence-corrected chi connectivity index (χ4v) is 8.63. The number of imide groups is 1. The molecule has 5 heterocycles. The first-order valence-electron chi connectivity index (χ1n) is 20.9. The predicted octanol–water partition coefficient (Wildman–Crippen LogP) is 5.50. The number of carbonyl (C=O) groups excluding carboxylic acids is 3. The maximum atomic E-state index is 12.9. The lowest BCUT2D eigenvalue weighted by Gasteiger charge is -2.34. The zero-order chi connectivity index (χ0) is 41.3. The molecule has 59 heavy (non-hydrogen) atoms. The average molecular weight is 802 g/mol. The molecule has 15 nitrogen and oxygen atoms in total. The number of urea groups is 1. The zero-order valence-electron chi connectivity index (χ0n) is 34.7. The van der Waals surface area contributed by atoms with Gasteiger partial charge in [-0.25, -0.2) is 14.8 Å². The number of aromatic nitrogens is 5. The number of piperidine rings is 1. The van der Waals surface area contributed by atoms with Crippen molar-refractivity contribution in [3.8, 4) is 11.3 Å². The summed E-state index contributed by atoms with van der Waals surface area (Å²) < 4.78 is 5.25. The molecule has 2 fully saturated rings. The van der Waals surface area contributed by atoms with Gasteiger partial charge in [0.25, 0.3) is 0 Å². The van der Waals surface area contributed by atoms with Crippen LogP contribution in [0.3, 0.4) is 0 Å². The minimum Gasteiger partial charge on any atom is -0.372 e. The van der Waals surface area contributed by atoms with Crippen LogP contribution in [-0.4, -0.2) is 88.2 Å². The largest absolute Gasteiger partial charge is 0.372 e. The highest BCUT2D eigenvalue weighted by molar-refractivity contribution is 6.05. The lowest BCUT2D eigenvalue weighted by molar-refractivity contribution is -0.120. The standard InChI is InChI=1S/C44H55N11O4/c1-26-22-29(6-12-33(26)27(2)49-40(57)41-52-42(53-59-41)44(3,4)5)38-37-34-13-7-30(23-35(34)50-39(37)48-25-47-38)46-18-17-45-24-28-14-19-54(20-15-28)31-8-10-32(11-9-31)55-21-16-36(56)51-43(55)58/h6,8-12,22,25,27-28,30,45-46H,7,13-21,23-24H2,1-5H3,(H,49,57)(H,47,48,50)(H,51,56,58)/t27-,30?/m1/s1. The third-order valence-electron chi connectivity index (χ3n) is 12.0. The van der Waals surface area contributed by atoms with Crippen LogP contribution in [0.1, 0.15) is 98.3 Å². The number of nitrogens with one attached hydrogen (secondary N) is 5. The second-order valence-electron chi connectivity index (χ2n) is 17.3. The molecule has 4 amide bonds. The molecule has 0 spiro atoms. The molecular weight excluding hydrogens is 747 g/mol. The van der Waals surface area contributed by atoms with Crippen molar-refractivity contribution in [1.82, 2.24) is 46.4 Å². The zero-order valence-corrected chi connectivity index (χ0v) is 34.7. The molecule has 1 aliphatic carbocycles. The molecule has 310 valence electrons. The topological polar surface area (TPSA) is 186 Å². The number of aryl methyl sites for hydroxylation is 2. The van der Waals surface area contributed by atoms with Gasteiger partial charge in [0.2, 0.25) is 5.91 Å². The van der Waals surface area contributed by atoms with Crippen LogP contribution in [0.2, 0.25) is 0 Å². The Kier molecular flexibility index (Phi) is 11.5. The van der Waals surface area contributed by atoms with E-state index < -0.39 is 5.91 Å². The lowest BCUT2D eigenvalue weighted by Crippen LogP contribution is -2.49. The monoisotopic (exact) mass is 801 g/mol. The molecule has 15 heteroatoms. The summed E-state index contributed by atoms with van der Waals surface area (Å²) >= 11 is 0. The fraction of sp³-hybridized carbons (Fsp3) is 0.477. The van der Waals surface area contributed by atoms with E-state index in [2.05, 4.69) is 83.5 Å². The summed E-state index contributed by atoms with van der Waals surface area (Å²) in [5, 5.41) is 18.0. The van der Waals surface area contributed by atoms with Crippen molar-refractivity contribution in [3.63, 3.8) is 0 Å². The van der Waals surface area contributed by atoms with Gasteiger partial charge in [-0.05, 0) is 99.0 Å². The van der Waals surface area contributed by atoms with Crippen molar-refractivity contribution in [1.29, 1.82) is 0 Å². The summed E-state index contributed by atoms with van der Waals surface area (Å²) in [5.74, 6) is 0.486. The Morgan fingerprint density at radius 1 is 0.983 bits per heavy atom. The number of amides is 4. The second kappa shape index (κ2) is 16.9. The Morgan fingerprint density at radius 3 is 2.49 bits per heavy atom. The van der Waals surface area contributed by atoms with Crippen molar-refractivity contribution in [2.24, 2.45) is 5.92 Å². The van der Waals surface area contributed by atoms with E-state index in [4.69, 9.17) is 9.51 Å². The third-order valence-corrected chi connectivity index (χ3v) is 12.0. The molecular formula is C44H55N11O4. The van der Waals surface area contributed by atoms with E-state index in [-0.39, 0.29) is 29.3 Å². The molecule has 0 radical (unpaired) electrons. The van der Waals surface area contributed by atoms with E-state index in [9.17, 15) is 14.4 Å². The van der Waals surface area contributed by atoms with Crippen LogP contribution in [0.4, 0.5) is 16.2 Å². The van der Waals surface area contributed by atoms with Crippen LogP contribution >= 0.6 is 0 Å². The van der Waals surface area contributed by atoms with Gasteiger partial charge in [0, 0.05) is 85.0 Å². The number of hydrogen-bond acceptors (Lipinski definition) is 11. The van der Waals surface area contributed by atoms with Crippen LogP contribution in [0, 0.1) is 12.8 Å². The highest BCUT2D eigenvalue weighted by atomic mass is 16.5. The van der Waals surface area contributed by atoms with Crippen molar-refractivity contribution in [2.75, 3.05) is 49.1 Å². The van der Waals surface area contributed by atoms with Crippen molar-refractivity contribution >= 4 is 40.3 Å². The molecule has 0 saturated carbocycles. The minimum absolute atomic E-state index is 0.0379. The van der Waals surface area contributed by atoms with Crippen LogP contribution in [0.15, 0.2) is 53.3 Å². The molecule has 3 aliphatic rings. The van der Waals surface area contributed by atoms with E-state index >= 15 is 0 Å². The molecule has 2 saturated heterocycles. The number of carbonyl (C=O) groups is 3. The van der Waals surface area contributed by atoms with E-state index in [1.165, 1.54) is 16.9 Å². The van der Waals surface area contributed by atoms with Crippen LogP contribution in [0.25, 0.3) is 22.3 Å². The van der Waals surface area contributed by atoms with Gasteiger partial charge >= 0.3 is 17.8 Å². The van der Waals surface area contributed by atoms with E-state index in [1.54, 1.807) is 11.2 Å². The van der Waals surface area contributed by atoms with Crippen LogP contribution in [-0.2, 0) is 23.1 Å². The Bertz CT molecular complexity index is 2320. The van der Waals surface area contributed by atoms with Gasteiger partial charge in [-0.3, -0.25) is 19.8 Å². The summed E-state index contributed by atoms with van der Waals surface area (Å²) in [6, 6.07) is 14.1. The highest BCUT2D eigenvalue weighted by Gasteiger charge is 2.28. The summed E-state index contributed by atoms with van der Waals surface area (Å²) in [6.07, 6.45) is 7.14. The molecule has 3 aromatic heterocycles. The number of fused-ring (bicyclic) bond motifs is 3. The Balaban J connectivity index is 0.796. The number of hydrogen-bond donors (Lipinski definition) is 5. The highest BCUT2D eigenvalue weighted by Crippen LogP contribution is 2.35. The summed E-state index contributed by atoms with van der Waals surface area (Å²) in [6.45, 7) is 15.2. The van der Waals surface area contributed by atoms with Gasteiger partial charge in [-0.1, -0.05) is 38.1 Å². The van der Waals surface area contributed by atoms with Crippen LogP contribution < -0.4 is 31.1 Å². The number of aromatic amines is 1. The first-order valence-corrected chi connectivity index (χ1v) is 20.9. The maximum Gasteiger partial charge on any atom is 0.328 e. The predicted molar refractivity (Wildman–Crippen MR) is 227 cm³/mol. The second-order valence-corrected chi connectivity index (χ2v) is 17.3. The number of anilines is 2. The van der Waals surface area contributed by atoms with E-state index in [1.807, 2.05) is 39.8 Å². The summed E-state index contributed by atoms with van der Waals surface area (Å²) in [4.78, 5) is 58.0. The number of H-pyrrole nitrogens is 1. The smallest absolute Gasteiger partial charge is 0.328 e. The molecule has 0 bridgehead atoms. The fourth-order valence-electron chi connectivity index (χ4n) is 8.63. The molecule has 1 unspecified atom stereocenters. The van der Waals surface area contributed by atoms with Gasteiger partial charge in [0.15, 0.2) is 5.82 Å². The van der Waals surface area contributed by atoms with Crippen molar-refractivity contribution in [3.05, 3.63) is 82.9 Å². The molecule has 2 atom stereocenters. The molecule has 2 aromatic carbocycles. The normalized spacial score (nSPS) is 18.2. The van der Waals surface area contributed by atoms with Crippen molar-refractivity contribution < 1.29 is 18.9 Å². The summed E-state index contributed by atoms with van der Waals surface area (Å²) in [5.41, 5.74) is 9.05. The average Bonchev–Trinajstić information content (AvgIpc) is 3.87. The molecule has 8 rings (SSSR count). The Labute approximate surface area is 344 Å². The number of nitrogens with zero attached hydrogens (tertiary/aromatic N) is 6. The van der Waals surface area contributed by atoms with Crippen molar-refractivity contribution in [2.45, 2.75) is 90.6 Å². The third kappa shape index (κ3) is 8.86. The van der Waals surface area contributed by atoms with Gasteiger partial charge in [-0.15, -0.1) is 0 Å². The van der Waals surface area contributed by atoms with E-state index in [0.717, 1.165) is 104 Å². The first kappa shape index (κ1) is 40.1. The molecule has 2 aliphatic heterocycles. The van der Waals surface area contributed by atoms with Gasteiger partial charge < -0.3 is 30.4 Å². The lowest BCUT2D eigenvalue weighted by atomic mass is 9.90.